The van der Waals surface area contributed by atoms with Crippen molar-refractivity contribution in [3.8, 4) is 0 Å². The summed E-state index contributed by atoms with van der Waals surface area (Å²) in [6, 6.07) is 0. The molecule has 0 heterocycles. The van der Waals surface area contributed by atoms with Gasteiger partial charge >= 0.3 is 0 Å². The third kappa shape index (κ3) is 47.1. The summed E-state index contributed by atoms with van der Waals surface area (Å²) in [6.45, 7) is 0. The average molecular weight is 521 g/mol. The molecule has 1 saturated carbocycles. The topological polar surface area (TPSA) is 80.9 Å². The first-order valence-electron chi connectivity index (χ1n) is 15.8. The monoisotopic (exact) mass is 521 g/mol. The molecule has 224 valence electrons. The van der Waals surface area contributed by atoms with Crippen molar-refractivity contribution in [2.45, 2.75) is 180 Å². The number of hydrogen-bond donors (Lipinski definition) is 4. The molecule has 36 heavy (non-hydrogen) atoms. The minimum Gasteiger partial charge on any atom is -0.400 e. The summed E-state index contributed by atoms with van der Waals surface area (Å²) < 4.78 is 0. The van der Waals surface area contributed by atoms with E-state index in [4.69, 9.17) is 20.4 Å². The van der Waals surface area contributed by atoms with Crippen LogP contribution in [0.2, 0.25) is 0 Å². The lowest BCUT2D eigenvalue weighted by Crippen LogP contribution is -1.85. The van der Waals surface area contributed by atoms with Gasteiger partial charge in [0, 0.05) is 28.4 Å². The van der Waals surface area contributed by atoms with Gasteiger partial charge < -0.3 is 20.4 Å². The first kappa shape index (κ1) is 42.9. The van der Waals surface area contributed by atoms with Crippen molar-refractivity contribution in [3.63, 3.8) is 0 Å². The molecular weight excluding hydrogens is 448 g/mol. The minimum atomic E-state index is 1.00. The van der Waals surface area contributed by atoms with Crippen LogP contribution in [-0.4, -0.2) is 48.9 Å². The van der Waals surface area contributed by atoms with Crippen LogP contribution in [0.3, 0.4) is 0 Å². The van der Waals surface area contributed by atoms with Crippen molar-refractivity contribution in [1.82, 2.24) is 0 Å². The van der Waals surface area contributed by atoms with Crippen molar-refractivity contribution in [2.75, 3.05) is 28.4 Å². The second-order valence-electron chi connectivity index (χ2n) is 9.90. The van der Waals surface area contributed by atoms with Crippen LogP contribution in [0.15, 0.2) is 0 Å². The summed E-state index contributed by atoms with van der Waals surface area (Å²) >= 11 is 0. The Morgan fingerprint density at radius 2 is 0.167 bits per heavy atom. The van der Waals surface area contributed by atoms with Gasteiger partial charge in [0.25, 0.3) is 0 Å². The van der Waals surface area contributed by atoms with Crippen molar-refractivity contribution >= 4 is 0 Å². The molecule has 1 aliphatic rings. The molecule has 1 aliphatic carbocycles. The van der Waals surface area contributed by atoms with Gasteiger partial charge in [0.05, 0.1) is 0 Å². The summed E-state index contributed by atoms with van der Waals surface area (Å²) in [5, 5.41) is 28.0. The van der Waals surface area contributed by atoms with E-state index in [9.17, 15) is 0 Å². The molecule has 0 aliphatic heterocycles. The predicted octanol–water partition coefficient (Wildman–Crippen LogP) is 9.36. The molecule has 0 spiro atoms. The van der Waals surface area contributed by atoms with E-state index in [-0.39, 0.29) is 0 Å². The molecule has 4 nitrogen and oxygen atoms in total. The maximum absolute atomic E-state index is 7.00. The van der Waals surface area contributed by atoms with Crippen LogP contribution in [-0.2, 0) is 0 Å². The zero-order valence-corrected chi connectivity index (χ0v) is 25.6. The van der Waals surface area contributed by atoms with Crippen LogP contribution >= 0.6 is 0 Å². The largest absolute Gasteiger partial charge is 0.400 e. The Morgan fingerprint density at radius 3 is 0.194 bits per heavy atom. The Labute approximate surface area is 228 Å². The highest BCUT2D eigenvalue weighted by Crippen LogP contribution is 2.17. The van der Waals surface area contributed by atoms with Crippen LogP contribution in [0.1, 0.15) is 180 Å². The molecule has 1 rings (SSSR count). The zero-order chi connectivity index (χ0) is 27.8. The first-order chi connectivity index (χ1) is 18.0. The lowest BCUT2D eigenvalue weighted by molar-refractivity contribution is 0.399. The lowest BCUT2D eigenvalue weighted by atomic mass is 10.0. The molecule has 0 aromatic heterocycles. The molecular formula is C32H72O4. The predicted molar refractivity (Wildman–Crippen MR) is 162 cm³/mol. The fraction of sp³-hybridized carbons (Fsp3) is 1.00. The van der Waals surface area contributed by atoms with E-state index in [2.05, 4.69) is 0 Å². The normalized spacial score (nSPS) is 19.3. The highest BCUT2D eigenvalue weighted by Gasteiger charge is 1.97. The van der Waals surface area contributed by atoms with E-state index in [1.165, 1.54) is 180 Å². The molecule has 0 saturated heterocycles. The maximum Gasteiger partial charge on any atom is 0.0319 e. The Balaban J connectivity index is -0.000000579. The number of aliphatic hydroxyl groups is 4. The molecule has 0 aromatic carbocycles. The highest BCUT2D eigenvalue weighted by atomic mass is 16.2. The number of hydrogen-bond acceptors (Lipinski definition) is 4. The van der Waals surface area contributed by atoms with Gasteiger partial charge in [-0.15, -0.1) is 0 Å². The number of rotatable bonds is 0. The van der Waals surface area contributed by atoms with Gasteiger partial charge in [0.2, 0.25) is 0 Å². The Hall–Kier alpha value is -0.160. The summed E-state index contributed by atoms with van der Waals surface area (Å²) in [4.78, 5) is 0. The Morgan fingerprint density at radius 1 is 0.139 bits per heavy atom. The smallest absolute Gasteiger partial charge is 0.0319 e. The van der Waals surface area contributed by atoms with Crippen molar-refractivity contribution < 1.29 is 20.4 Å². The fourth-order valence-corrected chi connectivity index (χ4v) is 4.95. The summed E-state index contributed by atoms with van der Waals surface area (Å²) in [5.41, 5.74) is 0. The number of aliphatic hydroxyl groups excluding tert-OH is 4. The van der Waals surface area contributed by atoms with Crippen LogP contribution in [0.5, 0.6) is 0 Å². The quantitative estimate of drug-likeness (QED) is 0.256. The average Bonchev–Trinajstić information content (AvgIpc) is 2.95. The van der Waals surface area contributed by atoms with E-state index in [1.54, 1.807) is 0 Å². The highest BCUT2D eigenvalue weighted by molar-refractivity contribution is 4.53. The van der Waals surface area contributed by atoms with Gasteiger partial charge in [-0.2, -0.15) is 0 Å². The standard InChI is InChI=1S/C28H56.4CH4O/c1-2-4-6-8-10-12-14-16-18-20-22-24-26-28-27-25-23-21-19-17-15-13-11-9-7-5-3-1;4*1-2/h1-28H2;4*2H,1H3. The van der Waals surface area contributed by atoms with E-state index in [1.807, 2.05) is 0 Å². The van der Waals surface area contributed by atoms with Gasteiger partial charge in [-0.05, 0) is 0 Å². The van der Waals surface area contributed by atoms with Crippen molar-refractivity contribution in [1.29, 1.82) is 0 Å². The van der Waals surface area contributed by atoms with Crippen LogP contribution < -0.4 is 0 Å². The van der Waals surface area contributed by atoms with E-state index < -0.39 is 0 Å². The van der Waals surface area contributed by atoms with E-state index in [0.29, 0.717) is 0 Å². The second kappa shape index (κ2) is 51.5. The Bertz CT molecular complexity index is 153. The lowest BCUT2D eigenvalue weighted by Gasteiger charge is -2.05. The maximum atomic E-state index is 7.00. The summed E-state index contributed by atoms with van der Waals surface area (Å²) in [5.74, 6) is 0. The van der Waals surface area contributed by atoms with Crippen LogP contribution in [0.25, 0.3) is 0 Å². The van der Waals surface area contributed by atoms with Crippen LogP contribution in [0, 0.1) is 0 Å². The van der Waals surface area contributed by atoms with Gasteiger partial charge in [0.15, 0.2) is 0 Å². The van der Waals surface area contributed by atoms with Gasteiger partial charge in [0.1, 0.15) is 0 Å². The van der Waals surface area contributed by atoms with Crippen LogP contribution in [0.4, 0.5) is 0 Å². The Kier molecular flexibility index (Phi) is 61.4. The molecule has 0 unspecified atom stereocenters. The molecule has 1 fully saturated rings. The molecule has 4 heteroatoms. The first-order valence-corrected chi connectivity index (χ1v) is 15.8. The molecule has 4 N–H and O–H groups in total. The molecule has 0 atom stereocenters. The van der Waals surface area contributed by atoms with Gasteiger partial charge in [-0.1, -0.05) is 180 Å². The van der Waals surface area contributed by atoms with Gasteiger partial charge in [-0.3, -0.25) is 0 Å². The molecule has 0 radical (unpaired) electrons. The van der Waals surface area contributed by atoms with E-state index in [0.717, 1.165) is 28.4 Å². The summed E-state index contributed by atoms with van der Waals surface area (Å²) in [6.07, 6.45) is 42.0. The SMILES string of the molecule is C1CCCCCCCCCCCCCCCCCCCCCCCCCCC1.CO.CO.CO.CO. The summed E-state index contributed by atoms with van der Waals surface area (Å²) in [7, 11) is 4.00. The zero-order valence-electron chi connectivity index (χ0n) is 25.6. The van der Waals surface area contributed by atoms with Crippen molar-refractivity contribution in [2.24, 2.45) is 0 Å². The van der Waals surface area contributed by atoms with E-state index >= 15 is 0 Å². The molecule has 0 aromatic rings. The fourth-order valence-electron chi connectivity index (χ4n) is 4.95. The third-order valence-corrected chi connectivity index (χ3v) is 7.00. The third-order valence-electron chi connectivity index (χ3n) is 7.00. The molecule has 0 amide bonds. The second-order valence-corrected chi connectivity index (χ2v) is 9.90. The van der Waals surface area contributed by atoms with Crippen molar-refractivity contribution in [3.05, 3.63) is 0 Å². The minimum absolute atomic E-state index is 1.00. The van der Waals surface area contributed by atoms with Gasteiger partial charge in [-0.25, -0.2) is 0 Å². The molecule has 0 bridgehead atoms.